The molecule has 0 atom stereocenters. The van der Waals surface area contributed by atoms with Gasteiger partial charge in [-0.25, -0.2) is 4.39 Å². The summed E-state index contributed by atoms with van der Waals surface area (Å²) in [5, 5.41) is 8.84. The Hall–Kier alpha value is -2.65. The predicted molar refractivity (Wildman–Crippen MR) is 117 cm³/mol. The number of para-hydroxylation sites is 1. The summed E-state index contributed by atoms with van der Waals surface area (Å²) >= 11 is 4.65. The Morgan fingerprint density at radius 1 is 1.27 bits per heavy atom. The summed E-state index contributed by atoms with van der Waals surface area (Å²) in [6.45, 7) is 4.23. The van der Waals surface area contributed by atoms with E-state index in [1.807, 2.05) is 0 Å². The Labute approximate surface area is 186 Å². The van der Waals surface area contributed by atoms with Crippen LogP contribution >= 0.6 is 27.7 Å². The van der Waals surface area contributed by atoms with Gasteiger partial charge in [-0.15, -0.1) is 16.8 Å². The van der Waals surface area contributed by atoms with E-state index in [-0.39, 0.29) is 23.9 Å². The van der Waals surface area contributed by atoms with Crippen molar-refractivity contribution in [2.75, 3.05) is 12.9 Å². The first-order chi connectivity index (χ1) is 14.5. The zero-order chi connectivity index (χ0) is 21.5. The molecule has 0 fully saturated rings. The number of hydrogen-bond donors (Lipinski definition) is 0. The fraction of sp³-hybridized carbons (Fsp3) is 0.190. The van der Waals surface area contributed by atoms with Gasteiger partial charge in [-0.1, -0.05) is 30.0 Å². The summed E-state index contributed by atoms with van der Waals surface area (Å²) in [6.07, 6.45) is 1.70. The molecule has 0 amide bonds. The quantitative estimate of drug-likeness (QED) is 0.227. The number of rotatable bonds is 10. The van der Waals surface area contributed by atoms with Crippen LogP contribution in [0.25, 0.3) is 0 Å². The van der Waals surface area contributed by atoms with Crippen LogP contribution in [0.15, 0.2) is 64.7 Å². The third kappa shape index (κ3) is 5.28. The smallest absolute Gasteiger partial charge is 0.192 e. The third-order valence-corrected chi connectivity index (χ3v) is 5.69. The minimum absolute atomic E-state index is 0.0434. The van der Waals surface area contributed by atoms with Crippen LogP contribution in [0.4, 0.5) is 4.39 Å². The zero-order valence-corrected chi connectivity index (χ0v) is 18.6. The van der Waals surface area contributed by atoms with Crippen molar-refractivity contribution in [1.82, 2.24) is 14.8 Å². The number of Topliss-reactive ketones (excluding diaryl/α,β-unsaturated/α-hetero) is 1. The van der Waals surface area contributed by atoms with Crippen LogP contribution in [0.1, 0.15) is 16.2 Å². The highest BCUT2D eigenvalue weighted by molar-refractivity contribution is 9.10. The molecule has 0 unspecified atom stereocenters. The average Bonchev–Trinajstić information content (AvgIpc) is 3.13. The van der Waals surface area contributed by atoms with Crippen molar-refractivity contribution in [3.63, 3.8) is 0 Å². The zero-order valence-electron chi connectivity index (χ0n) is 16.2. The van der Waals surface area contributed by atoms with E-state index in [4.69, 9.17) is 9.47 Å². The predicted octanol–water partition coefficient (Wildman–Crippen LogP) is 4.93. The lowest BCUT2D eigenvalue weighted by Crippen LogP contribution is -2.09. The molecule has 0 aliphatic heterocycles. The van der Waals surface area contributed by atoms with E-state index in [2.05, 4.69) is 32.7 Å². The molecular weight excluding hydrogens is 473 g/mol. The molecule has 2 aromatic carbocycles. The summed E-state index contributed by atoms with van der Waals surface area (Å²) in [5.74, 6) is 0.992. The van der Waals surface area contributed by atoms with E-state index in [0.29, 0.717) is 33.3 Å². The summed E-state index contributed by atoms with van der Waals surface area (Å²) < 4.78 is 27.0. The molecule has 0 aliphatic rings. The molecule has 0 aliphatic carbocycles. The van der Waals surface area contributed by atoms with E-state index < -0.39 is 5.82 Å². The molecule has 0 radical (unpaired) electrons. The molecule has 3 aromatic rings. The fourth-order valence-corrected chi connectivity index (χ4v) is 4.00. The third-order valence-electron chi connectivity index (χ3n) is 4.10. The fourth-order valence-electron chi connectivity index (χ4n) is 2.60. The molecule has 6 nitrogen and oxygen atoms in total. The number of halogens is 2. The number of carbonyl (C=O) groups is 1. The van der Waals surface area contributed by atoms with Crippen LogP contribution in [0.5, 0.6) is 11.5 Å². The SMILES string of the molecule is C=CCn1c(COc2ccccc2F)nnc1SCC(=O)c1ccc(OC)c(Br)c1. The summed E-state index contributed by atoms with van der Waals surface area (Å²) in [5.41, 5.74) is 0.563. The van der Waals surface area contributed by atoms with Crippen LogP contribution in [-0.2, 0) is 13.2 Å². The van der Waals surface area contributed by atoms with Gasteiger partial charge < -0.3 is 9.47 Å². The molecule has 9 heteroatoms. The van der Waals surface area contributed by atoms with Crippen molar-refractivity contribution in [2.24, 2.45) is 0 Å². The number of allylic oxidation sites excluding steroid dienone is 1. The Balaban J connectivity index is 1.68. The van der Waals surface area contributed by atoms with Gasteiger partial charge in [-0.05, 0) is 46.3 Å². The van der Waals surface area contributed by atoms with Crippen molar-refractivity contribution in [3.8, 4) is 11.5 Å². The Kier molecular flexibility index (Phi) is 7.64. The number of thioether (sulfide) groups is 1. The lowest BCUT2D eigenvalue weighted by atomic mass is 10.1. The van der Waals surface area contributed by atoms with E-state index in [1.54, 1.807) is 54.2 Å². The van der Waals surface area contributed by atoms with E-state index in [1.165, 1.54) is 17.8 Å². The molecule has 3 rings (SSSR count). The lowest BCUT2D eigenvalue weighted by Gasteiger charge is -2.09. The van der Waals surface area contributed by atoms with Crippen molar-refractivity contribution < 1.29 is 18.7 Å². The second-order valence-electron chi connectivity index (χ2n) is 6.08. The number of aromatic nitrogens is 3. The highest BCUT2D eigenvalue weighted by Gasteiger charge is 2.16. The van der Waals surface area contributed by atoms with Gasteiger partial charge >= 0.3 is 0 Å². The molecular formula is C21H19BrFN3O3S. The molecule has 156 valence electrons. The summed E-state index contributed by atoms with van der Waals surface area (Å²) in [4.78, 5) is 12.6. The Bertz CT molecular complexity index is 1060. The van der Waals surface area contributed by atoms with Gasteiger partial charge in [0.2, 0.25) is 0 Å². The maximum Gasteiger partial charge on any atom is 0.192 e. The topological polar surface area (TPSA) is 66.2 Å². The van der Waals surface area contributed by atoms with Gasteiger partial charge in [0.1, 0.15) is 12.4 Å². The Morgan fingerprint density at radius 2 is 2.07 bits per heavy atom. The van der Waals surface area contributed by atoms with Crippen molar-refractivity contribution in [1.29, 1.82) is 0 Å². The molecule has 0 N–H and O–H groups in total. The van der Waals surface area contributed by atoms with Gasteiger partial charge in [0.15, 0.2) is 28.3 Å². The molecule has 30 heavy (non-hydrogen) atoms. The normalized spacial score (nSPS) is 10.6. The summed E-state index contributed by atoms with van der Waals surface area (Å²) in [6, 6.07) is 11.3. The average molecular weight is 492 g/mol. The molecule has 1 aromatic heterocycles. The monoisotopic (exact) mass is 491 g/mol. The van der Waals surface area contributed by atoms with Gasteiger partial charge in [-0.2, -0.15) is 0 Å². The molecule has 0 saturated carbocycles. The summed E-state index contributed by atoms with van der Waals surface area (Å²) in [7, 11) is 1.57. The van der Waals surface area contributed by atoms with Crippen LogP contribution < -0.4 is 9.47 Å². The van der Waals surface area contributed by atoms with Crippen molar-refractivity contribution in [3.05, 3.63) is 76.8 Å². The van der Waals surface area contributed by atoms with E-state index in [9.17, 15) is 9.18 Å². The largest absolute Gasteiger partial charge is 0.496 e. The van der Waals surface area contributed by atoms with Gasteiger partial charge in [-0.3, -0.25) is 9.36 Å². The van der Waals surface area contributed by atoms with Gasteiger partial charge in [0, 0.05) is 12.1 Å². The standard InChI is InChI=1S/C21H19BrFN3O3S/c1-3-10-26-20(12-29-19-7-5-4-6-16(19)23)24-25-21(26)30-13-17(27)14-8-9-18(28-2)15(22)11-14/h3-9,11H,1,10,12-13H2,2H3. The van der Waals surface area contributed by atoms with Gasteiger partial charge in [0.05, 0.1) is 17.3 Å². The van der Waals surface area contributed by atoms with Crippen LogP contribution in [0, 0.1) is 5.82 Å². The van der Waals surface area contributed by atoms with E-state index in [0.717, 1.165) is 0 Å². The first kappa shape index (κ1) is 22.0. The van der Waals surface area contributed by atoms with Crippen molar-refractivity contribution in [2.45, 2.75) is 18.3 Å². The number of ketones is 1. The number of methoxy groups -OCH3 is 1. The van der Waals surface area contributed by atoms with Crippen LogP contribution in [0.2, 0.25) is 0 Å². The first-order valence-corrected chi connectivity index (χ1v) is 10.7. The second-order valence-corrected chi connectivity index (χ2v) is 7.88. The number of hydrogen-bond acceptors (Lipinski definition) is 6. The number of ether oxygens (including phenoxy) is 2. The maximum atomic E-state index is 13.8. The second kappa shape index (κ2) is 10.4. The first-order valence-electron chi connectivity index (χ1n) is 8.93. The Morgan fingerprint density at radius 3 is 2.77 bits per heavy atom. The minimum Gasteiger partial charge on any atom is -0.496 e. The molecule has 0 spiro atoms. The van der Waals surface area contributed by atoms with Gasteiger partial charge in [0.25, 0.3) is 0 Å². The highest BCUT2D eigenvalue weighted by Crippen LogP contribution is 2.27. The molecule has 0 bridgehead atoms. The van der Waals surface area contributed by atoms with E-state index >= 15 is 0 Å². The number of nitrogens with zero attached hydrogens (tertiary/aromatic N) is 3. The highest BCUT2D eigenvalue weighted by atomic mass is 79.9. The van der Waals surface area contributed by atoms with Crippen LogP contribution in [0.3, 0.4) is 0 Å². The molecule has 0 saturated heterocycles. The maximum absolute atomic E-state index is 13.8. The number of benzene rings is 2. The van der Waals surface area contributed by atoms with Crippen molar-refractivity contribution >= 4 is 33.5 Å². The van der Waals surface area contributed by atoms with Crippen LogP contribution in [-0.4, -0.2) is 33.4 Å². The number of carbonyl (C=O) groups excluding carboxylic acids is 1. The molecule has 1 heterocycles. The minimum atomic E-state index is -0.446. The lowest BCUT2D eigenvalue weighted by molar-refractivity contribution is 0.102.